The molecule has 0 radical (unpaired) electrons. The number of ether oxygens (including phenoxy) is 2. The van der Waals surface area contributed by atoms with E-state index in [0.29, 0.717) is 6.61 Å². The average Bonchev–Trinajstić information content (AvgIpc) is 3.44. The second-order valence-corrected chi connectivity index (χ2v) is 7.18. The summed E-state index contributed by atoms with van der Waals surface area (Å²) in [6.45, 7) is 4.40. The number of amides is 2. The van der Waals surface area contributed by atoms with Crippen molar-refractivity contribution in [1.29, 1.82) is 0 Å². The largest absolute Gasteiger partial charge is 0.497 e. The second-order valence-electron chi connectivity index (χ2n) is 7.18. The van der Waals surface area contributed by atoms with Gasteiger partial charge in [-0.2, -0.15) is 0 Å². The number of epoxide rings is 1. The molecule has 1 saturated heterocycles. The van der Waals surface area contributed by atoms with Gasteiger partial charge in [-0.15, -0.1) is 0 Å². The number of carbonyl (C=O) groups excluding carboxylic acids is 2. The summed E-state index contributed by atoms with van der Waals surface area (Å²) in [6.07, 6.45) is 0.210. The molecule has 1 N–H and O–H groups in total. The van der Waals surface area contributed by atoms with Gasteiger partial charge in [0.1, 0.15) is 5.75 Å². The Kier molecular flexibility index (Phi) is 5.61. The zero-order valence-corrected chi connectivity index (χ0v) is 15.9. The Labute approximate surface area is 159 Å². The van der Waals surface area contributed by atoms with Gasteiger partial charge in [0, 0.05) is 12.3 Å². The molecular weight excluding hydrogens is 342 g/mol. The van der Waals surface area contributed by atoms with E-state index in [1.807, 2.05) is 49.4 Å². The zero-order valence-electron chi connectivity index (χ0n) is 15.9. The van der Waals surface area contributed by atoms with E-state index >= 15 is 0 Å². The van der Waals surface area contributed by atoms with Crippen LogP contribution in [0.2, 0.25) is 0 Å². The molecule has 5 heteroatoms. The van der Waals surface area contributed by atoms with Gasteiger partial charge in [-0.05, 0) is 37.1 Å². The summed E-state index contributed by atoms with van der Waals surface area (Å²) in [7, 11) is 1.59. The average molecular weight is 367 g/mol. The van der Waals surface area contributed by atoms with Crippen LogP contribution in [0.15, 0.2) is 54.6 Å². The molecule has 1 heterocycles. The molecule has 27 heavy (non-hydrogen) atoms. The van der Waals surface area contributed by atoms with Crippen molar-refractivity contribution in [1.82, 2.24) is 5.32 Å². The number of nitrogens with one attached hydrogen (secondary N) is 1. The number of rotatable bonds is 7. The fraction of sp³-hybridized carbons (Fsp3) is 0.364. The molecule has 5 nitrogen and oxygen atoms in total. The van der Waals surface area contributed by atoms with E-state index < -0.39 is 5.92 Å². The van der Waals surface area contributed by atoms with Crippen LogP contribution in [0, 0.1) is 0 Å². The topological polar surface area (TPSA) is 67.9 Å². The summed E-state index contributed by atoms with van der Waals surface area (Å²) >= 11 is 0. The van der Waals surface area contributed by atoms with Gasteiger partial charge in [0.05, 0.1) is 25.2 Å². The highest BCUT2D eigenvalue weighted by Crippen LogP contribution is 2.43. The lowest BCUT2D eigenvalue weighted by atomic mass is 9.84. The molecule has 2 amide bonds. The van der Waals surface area contributed by atoms with Gasteiger partial charge < -0.3 is 9.47 Å². The Morgan fingerprint density at radius 3 is 2.30 bits per heavy atom. The quantitative estimate of drug-likeness (QED) is 0.762. The van der Waals surface area contributed by atoms with Crippen molar-refractivity contribution in [3.8, 4) is 5.75 Å². The van der Waals surface area contributed by atoms with Crippen LogP contribution in [0.5, 0.6) is 5.75 Å². The van der Waals surface area contributed by atoms with E-state index in [1.54, 1.807) is 26.2 Å². The van der Waals surface area contributed by atoms with Gasteiger partial charge in [-0.1, -0.05) is 42.5 Å². The minimum atomic E-state index is -0.428. The summed E-state index contributed by atoms with van der Waals surface area (Å²) in [5.41, 5.74) is 1.53. The number of hydrogen-bond acceptors (Lipinski definition) is 4. The van der Waals surface area contributed by atoms with Gasteiger partial charge in [0.2, 0.25) is 11.8 Å². The summed E-state index contributed by atoms with van der Waals surface area (Å²) in [6, 6.07) is 17.1. The summed E-state index contributed by atoms with van der Waals surface area (Å²) < 4.78 is 10.7. The molecule has 1 aliphatic heterocycles. The van der Waals surface area contributed by atoms with Crippen LogP contribution in [-0.2, 0) is 14.3 Å². The van der Waals surface area contributed by atoms with Crippen LogP contribution in [-0.4, -0.2) is 31.1 Å². The van der Waals surface area contributed by atoms with Crippen molar-refractivity contribution in [2.45, 2.75) is 37.7 Å². The van der Waals surface area contributed by atoms with E-state index in [2.05, 4.69) is 5.32 Å². The Hall–Kier alpha value is -2.66. The van der Waals surface area contributed by atoms with E-state index in [4.69, 9.17) is 9.47 Å². The molecule has 142 valence electrons. The van der Waals surface area contributed by atoms with Crippen molar-refractivity contribution < 1.29 is 19.1 Å². The summed E-state index contributed by atoms with van der Waals surface area (Å²) in [5.74, 6) is -0.374. The van der Waals surface area contributed by atoms with Gasteiger partial charge >= 0.3 is 0 Å². The Balaban J connectivity index is 1.64. The standard InChI is InChI=1S/C22H25NO4/c1-15(16-9-11-18(26-3)12-10-16)21(25)23-20(24)13-19(22(2)14-27-22)17-7-5-4-6-8-17/h4-12,15,19H,13-14H2,1-3H3,(H,23,24,25)/t15-,19-,22-/m0/s1. The third kappa shape index (κ3) is 4.55. The van der Waals surface area contributed by atoms with Crippen LogP contribution in [0.1, 0.15) is 43.2 Å². The van der Waals surface area contributed by atoms with Crippen LogP contribution >= 0.6 is 0 Å². The Morgan fingerprint density at radius 2 is 1.74 bits per heavy atom. The first-order valence-electron chi connectivity index (χ1n) is 9.09. The minimum absolute atomic E-state index is 0.0807. The lowest BCUT2D eigenvalue weighted by molar-refractivity contribution is -0.131. The lowest BCUT2D eigenvalue weighted by Crippen LogP contribution is -2.36. The Morgan fingerprint density at radius 1 is 1.11 bits per heavy atom. The molecule has 2 aromatic carbocycles. The van der Waals surface area contributed by atoms with E-state index in [0.717, 1.165) is 16.9 Å². The molecule has 3 atom stereocenters. The second kappa shape index (κ2) is 7.92. The highest BCUT2D eigenvalue weighted by Gasteiger charge is 2.48. The maximum absolute atomic E-state index is 12.5. The fourth-order valence-corrected chi connectivity index (χ4v) is 3.21. The molecule has 1 fully saturated rings. The predicted octanol–water partition coefficient (Wildman–Crippen LogP) is 3.40. The van der Waals surface area contributed by atoms with Crippen molar-refractivity contribution in [3.63, 3.8) is 0 Å². The van der Waals surface area contributed by atoms with Gasteiger partial charge in [0.25, 0.3) is 0 Å². The number of imide groups is 1. The third-order valence-electron chi connectivity index (χ3n) is 5.20. The summed E-state index contributed by atoms with van der Waals surface area (Å²) in [4.78, 5) is 25.0. The first-order chi connectivity index (χ1) is 12.9. The number of benzene rings is 2. The van der Waals surface area contributed by atoms with Crippen LogP contribution in [0.4, 0.5) is 0 Å². The number of methoxy groups -OCH3 is 1. The number of hydrogen-bond donors (Lipinski definition) is 1. The van der Waals surface area contributed by atoms with Crippen molar-refractivity contribution >= 4 is 11.8 Å². The van der Waals surface area contributed by atoms with Gasteiger partial charge in [-0.3, -0.25) is 14.9 Å². The zero-order chi connectivity index (χ0) is 19.4. The highest BCUT2D eigenvalue weighted by molar-refractivity contribution is 5.98. The SMILES string of the molecule is COc1ccc([C@H](C)C(=O)NC(=O)C[C@@H](c2ccccc2)[C@]2(C)CO2)cc1. The smallest absolute Gasteiger partial charge is 0.233 e. The van der Waals surface area contributed by atoms with Crippen molar-refractivity contribution in [2.75, 3.05) is 13.7 Å². The van der Waals surface area contributed by atoms with E-state index in [-0.39, 0.29) is 29.8 Å². The van der Waals surface area contributed by atoms with Crippen LogP contribution in [0.25, 0.3) is 0 Å². The molecule has 3 rings (SSSR count). The summed E-state index contributed by atoms with van der Waals surface area (Å²) in [5, 5.41) is 2.54. The molecule has 0 aliphatic carbocycles. The molecule has 0 saturated carbocycles. The fourth-order valence-electron chi connectivity index (χ4n) is 3.21. The molecule has 0 bridgehead atoms. The monoisotopic (exact) mass is 367 g/mol. The molecule has 0 aromatic heterocycles. The van der Waals surface area contributed by atoms with Crippen LogP contribution in [0.3, 0.4) is 0 Å². The first kappa shape index (κ1) is 19.1. The van der Waals surface area contributed by atoms with Crippen molar-refractivity contribution in [2.24, 2.45) is 0 Å². The molecule has 2 aromatic rings. The minimum Gasteiger partial charge on any atom is -0.497 e. The first-order valence-corrected chi connectivity index (χ1v) is 9.09. The predicted molar refractivity (Wildman–Crippen MR) is 103 cm³/mol. The van der Waals surface area contributed by atoms with Crippen LogP contribution < -0.4 is 10.1 Å². The molecule has 0 unspecified atom stereocenters. The molecular formula is C22H25NO4. The molecule has 0 spiro atoms. The van der Waals surface area contributed by atoms with E-state index in [9.17, 15) is 9.59 Å². The van der Waals surface area contributed by atoms with E-state index in [1.165, 1.54) is 0 Å². The normalized spacial score (nSPS) is 20.4. The highest BCUT2D eigenvalue weighted by atomic mass is 16.6. The maximum Gasteiger partial charge on any atom is 0.233 e. The lowest BCUT2D eigenvalue weighted by Gasteiger charge is -2.21. The Bertz CT molecular complexity index is 797. The third-order valence-corrected chi connectivity index (χ3v) is 5.20. The van der Waals surface area contributed by atoms with Crippen molar-refractivity contribution in [3.05, 3.63) is 65.7 Å². The maximum atomic E-state index is 12.5. The molecule has 1 aliphatic rings. The van der Waals surface area contributed by atoms with Gasteiger partial charge in [-0.25, -0.2) is 0 Å². The van der Waals surface area contributed by atoms with Gasteiger partial charge in [0.15, 0.2) is 0 Å². The number of carbonyl (C=O) groups is 2.